The molecule has 0 bridgehead atoms. The summed E-state index contributed by atoms with van der Waals surface area (Å²) >= 11 is 1.49. The monoisotopic (exact) mass is 644 g/mol. The van der Waals surface area contributed by atoms with Gasteiger partial charge in [0.25, 0.3) is 5.91 Å². The average molecular weight is 645 g/mol. The molecule has 1 amide bonds. The van der Waals surface area contributed by atoms with Crippen molar-refractivity contribution in [3.05, 3.63) is 71.8 Å². The van der Waals surface area contributed by atoms with E-state index in [2.05, 4.69) is 16.0 Å². The number of likely N-dealkylation sites (N-methyl/N-ethyl adjacent to an activating group) is 1. The van der Waals surface area contributed by atoms with Gasteiger partial charge in [0.1, 0.15) is 11.5 Å². The fourth-order valence-electron chi connectivity index (χ4n) is 5.78. The van der Waals surface area contributed by atoms with E-state index in [1.165, 1.54) is 24.3 Å². The number of Topliss-reactive ketones (excluding diaryl/α,β-unsaturated/α-hetero) is 1. The van der Waals surface area contributed by atoms with Crippen LogP contribution in [0.4, 0.5) is 4.39 Å². The van der Waals surface area contributed by atoms with Crippen LogP contribution in [0.25, 0.3) is 20.8 Å². The Labute approximate surface area is 271 Å². The summed E-state index contributed by atoms with van der Waals surface area (Å²) in [5.74, 6) is 0.141. The van der Waals surface area contributed by atoms with E-state index in [0.717, 1.165) is 71.7 Å². The van der Waals surface area contributed by atoms with Gasteiger partial charge < -0.3 is 14.4 Å². The number of rotatable bonds is 12. The summed E-state index contributed by atoms with van der Waals surface area (Å²) in [5.41, 5.74) is 3.31. The normalized spacial score (nSPS) is 15.5. The molecule has 4 heterocycles. The van der Waals surface area contributed by atoms with E-state index in [1.54, 1.807) is 36.3 Å². The number of carbonyl (C=O) groups excluding carboxylic acids is 3. The number of carbonyl (C=O) groups is 3. The second-order valence-electron chi connectivity index (χ2n) is 12.2. The Morgan fingerprint density at radius 3 is 2.48 bits per heavy atom. The highest BCUT2D eigenvalue weighted by Gasteiger charge is 2.26. The second kappa shape index (κ2) is 14.0. The molecule has 46 heavy (non-hydrogen) atoms. The number of likely N-dealkylation sites (tertiary alicyclic amines) is 1. The standard InChI is InChI=1S/C35H37FN4O5S/c1-22(41)44-21-34(43)39(2)26-10-13-40(14-11-26)20-25-5-7-29(38-19-25)33-18-30-35(46-33)32(9-12-37-30)45-31-8-6-24(17-28(31)36)16-27(42)15-23-3-4-23/h5-9,12,17-19,23,26H,3-4,10-11,13-16,20-21H2,1-2H3. The lowest BCUT2D eigenvalue weighted by molar-refractivity contribution is -0.151. The smallest absolute Gasteiger partial charge is 0.303 e. The Morgan fingerprint density at radius 2 is 1.78 bits per heavy atom. The Hall–Kier alpha value is -4.22. The molecule has 1 aliphatic heterocycles. The third kappa shape index (κ3) is 7.94. The lowest BCUT2D eigenvalue weighted by Crippen LogP contribution is -2.46. The minimum atomic E-state index is -0.500. The first-order valence-electron chi connectivity index (χ1n) is 15.6. The Balaban J connectivity index is 1.05. The molecule has 0 N–H and O–H groups in total. The number of fused-ring (bicyclic) bond motifs is 1. The highest BCUT2D eigenvalue weighted by Crippen LogP contribution is 2.39. The number of hydrogen-bond donors (Lipinski definition) is 0. The van der Waals surface area contributed by atoms with Gasteiger partial charge in [0.15, 0.2) is 18.2 Å². The van der Waals surface area contributed by atoms with Crippen LogP contribution >= 0.6 is 11.3 Å². The van der Waals surface area contributed by atoms with Gasteiger partial charge in [-0.15, -0.1) is 11.3 Å². The van der Waals surface area contributed by atoms with Crippen molar-refractivity contribution in [1.29, 1.82) is 0 Å². The number of ether oxygens (including phenoxy) is 2. The number of thiophene rings is 1. The van der Waals surface area contributed by atoms with Gasteiger partial charge >= 0.3 is 5.97 Å². The van der Waals surface area contributed by atoms with E-state index < -0.39 is 11.8 Å². The molecule has 9 nitrogen and oxygen atoms in total. The van der Waals surface area contributed by atoms with Gasteiger partial charge in [-0.25, -0.2) is 4.39 Å². The van der Waals surface area contributed by atoms with E-state index >= 15 is 0 Å². The van der Waals surface area contributed by atoms with Crippen molar-refractivity contribution in [2.24, 2.45) is 5.92 Å². The Kier molecular flexibility index (Phi) is 9.70. The number of nitrogens with zero attached hydrogens (tertiary/aromatic N) is 4. The van der Waals surface area contributed by atoms with Crippen molar-refractivity contribution in [1.82, 2.24) is 19.8 Å². The lowest BCUT2D eigenvalue weighted by atomic mass is 10.0. The molecule has 1 saturated heterocycles. The summed E-state index contributed by atoms with van der Waals surface area (Å²) in [4.78, 5) is 49.7. The number of ketones is 1. The average Bonchev–Trinajstić information content (AvgIpc) is 3.75. The number of benzene rings is 1. The van der Waals surface area contributed by atoms with Crippen LogP contribution in [0, 0.1) is 11.7 Å². The predicted octanol–water partition coefficient (Wildman–Crippen LogP) is 6.19. The molecule has 1 saturated carbocycles. The minimum absolute atomic E-state index is 0.104. The molecule has 1 aromatic carbocycles. The van der Waals surface area contributed by atoms with Crippen molar-refractivity contribution < 1.29 is 28.2 Å². The van der Waals surface area contributed by atoms with E-state index in [-0.39, 0.29) is 36.5 Å². The zero-order chi connectivity index (χ0) is 32.2. The predicted molar refractivity (Wildman–Crippen MR) is 173 cm³/mol. The number of hydrogen-bond acceptors (Lipinski definition) is 9. The fourth-order valence-corrected chi connectivity index (χ4v) is 6.82. The van der Waals surface area contributed by atoms with Crippen LogP contribution in [0.2, 0.25) is 0 Å². The highest BCUT2D eigenvalue weighted by molar-refractivity contribution is 7.22. The molecule has 2 aliphatic rings. The van der Waals surface area contributed by atoms with Gasteiger partial charge in [-0.05, 0) is 67.0 Å². The van der Waals surface area contributed by atoms with Crippen LogP contribution in [-0.4, -0.2) is 70.2 Å². The maximum absolute atomic E-state index is 15.0. The molecule has 1 aliphatic carbocycles. The molecular formula is C35H37FN4O5S. The minimum Gasteiger partial charge on any atom is -0.456 e. The first-order chi connectivity index (χ1) is 22.2. The molecule has 0 unspecified atom stereocenters. The highest BCUT2D eigenvalue weighted by atomic mass is 32.1. The first kappa shape index (κ1) is 31.7. The molecule has 240 valence electrons. The number of aromatic nitrogens is 2. The van der Waals surface area contributed by atoms with Crippen molar-refractivity contribution in [3.8, 4) is 22.1 Å². The lowest BCUT2D eigenvalue weighted by Gasteiger charge is -2.36. The molecule has 0 spiro atoms. The van der Waals surface area contributed by atoms with Crippen LogP contribution in [-0.2, 0) is 32.1 Å². The number of esters is 1. The van der Waals surface area contributed by atoms with Crippen molar-refractivity contribution in [3.63, 3.8) is 0 Å². The van der Waals surface area contributed by atoms with E-state index in [9.17, 15) is 18.8 Å². The van der Waals surface area contributed by atoms with Crippen LogP contribution in [0.15, 0.2) is 54.9 Å². The SMILES string of the molecule is CC(=O)OCC(=O)N(C)C1CCN(Cc2ccc(-c3cc4nccc(Oc5ccc(CC(=O)CC6CC6)cc5F)c4s3)nc2)CC1. The summed E-state index contributed by atoms with van der Waals surface area (Å²) in [6, 6.07) is 12.6. The van der Waals surface area contributed by atoms with Crippen molar-refractivity contribution in [2.45, 2.75) is 58.0 Å². The first-order valence-corrected chi connectivity index (χ1v) is 16.5. The van der Waals surface area contributed by atoms with E-state index in [4.69, 9.17) is 14.5 Å². The number of pyridine rings is 2. The van der Waals surface area contributed by atoms with E-state index in [0.29, 0.717) is 23.7 Å². The van der Waals surface area contributed by atoms with Crippen LogP contribution < -0.4 is 4.74 Å². The summed E-state index contributed by atoms with van der Waals surface area (Å²) in [5, 5.41) is 0. The van der Waals surface area contributed by atoms with E-state index in [1.807, 2.05) is 18.3 Å². The molecular weight excluding hydrogens is 607 g/mol. The molecule has 11 heteroatoms. The molecule has 4 aromatic rings. The largest absolute Gasteiger partial charge is 0.456 e. The van der Waals surface area contributed by atoms with Crippen LogP contribution in [0.3, 0.4) is 0 Å². The maximum atomic E-state index is 15.0. The topological polar surface area (TPSA) is 102 Å². The molecule has 0 radical (unpaired) electrons. The van der Waals surface area contributed by atoms with Gasteiger partial charge in [-0.1, -0.05) is 12.1 Å². The zero-order valence-electron chi connectivity index (χ0n) is 26.0. The van der Waals surface area contributed by atoms with Gasteiger partial charge in [-0.3, -0.25) is 29.3 Å². The number of amides is 1. The summed E-state index contributed by atoms with van der Waals surface area (Å²) in [6.07, 6.45) is 8.28. The van der Waals surface area contributed by atoms with Gasteiger partial charge in [-0.2, -0.15) is 0 Å². The van der Waals surface area contributed by atoms with Gasteiger partial charge in [0.2, 0.25) is 0 Å². The molecule has 3 aromatic heterocycles. The third-order valence-electron chi connectivity index (χ3n) is 8.59. The molecule has 0 atom stereocenters. The quantitative estimate of drug-likeness (QED) is 0.168. The number of halogens is 1. The van der Waals surface area contributed by atoms with Gasteiger partial charge in [0.05, 0.1) is 20.8 Å². The maximum Gasteiger partial charge on any atom is 0.303 e. The van der Waals surface area contributed by atoms with Crippen LogP contribution in [0.5, 0.6) is 11.5 Å². The van der Waals surface area contributed by atoms with Crippen molar-refractivity contribution in [2.75, 3.05) is 26.7 Å². The molecule has 6 rings (SSSR count). The van der Waals surface area contributed by atoms with Gasteiger partial charge in [0, 0.05) is 70.9 Å². The fraction of sp³-hybridized carbons (Fsp3) is 0.400. The Bertz CT molecular complexity index is 1730. The summed E-state index contributed by atoms with van der Waals surface area (Å²) in [6.45, 7) is 3.54. The zero-order valence-corrected chi connectivity index (χ0v) is 26.9. The van der Waals surface area contributed by atoms with Crippen molar-refractivity contribution >= 4 is 39.2 Å². The summed E-state index contributed by atoms with van der Waals surface area (Å²) in [7, 11) is 1.77. The van der Waals surface area contributed by atoms with Crippen LogP contribution in [0.1, 0.15) is 50.2 Å². The molecule has 2 fully saturated rings. The Morgan fingerprint density at radius 1 is 1.00 bits per heavy atom. The summed E-state index contributed by atoms with van der Waals surface area (Å²) < 4.78 is 26.6. The third-order valence-corrected chi connectivity index (χ3v) is 9.75. The second-order valence-corrected chi connectivity index (χ2v) is 13.3. The number of piperidine rings is 1.